The average Bonchev–Trinajstić information content (AvgIpc) is 3.00. The summed E-state index contributed by atoms with van der Waals surface area (Å²) in [6.45, 7) is 0.365. The van der Waals surface area contributed by atoms with Crippen LogP contribution in [0.2, 0.25) is 0 Å². The Morgan fingerprint density at radius 1 is 1.23 bits per heavy atom. The summed E-state index contributed by atoms with van der Waals surface area (Å²) in [7, 11) is 0. The second kappa shape index (κ2) is 7.30. The molecule has 0 saturated carbocycles. The van der Waals surface area contributed by atoms with Crippen LogP contribution in [0.1, 0.15) is 6.42 Å². The van der Waals surface area contributed by atoms with Crippen LogP contribution in [0.3, 0.4) is 0 Å². The van der Waals surface area contributed by atoms with Gasteiger partial charge < -0.3 is 24.8 Å². The van der Waals surface area contributed by atoms with Crippen molar-refractivity contribution in [2.45, 2.75) is 6.42 Å². The highest BCUT2D eigenvalue weighted by Crippen LogP contribution is 2.36. The van der Waals surface area contributed by atoms with Crippen molar-refractivity contribution in [3.63, 3.8) is 0 Å². The lowest BCUT2D eigenvalue weighted by atomic mass is 10.1. The number of hydrogen-bond donors (Lipinski definition) is 2. The third kappa shape index (κ3) is 3.85. The Labute approximate surface area is 148 Å². The van der Waals surface area contributed by atoms with Crippen LogP contribution in [-0.2, 0) is 19.1 Å². The molecule has 0 spiro atoms. The van der Waals surface area contributed by atoms with E-state index in [9.17, 15) is 19.2 Å². The van der Waals surface area contributed by atoms with E-state index in [1.165, 1.54) is 4.90 Å². The first-order chi connectivity index (χ1) is 12.4. The third-order valence-corrected chi connectivity index (χ3v) is 3.90. The fourth-order valence-electron chi connectivity index (χ4n) is 2.74. The van der Waals surface area contributed by atoms with Crippen molar-refractivity contribution < 1.29 is 33.4 Å². The number of imide groups is 1. The van der Waals surface area contributed by atoms with Gasteiger partial charge >= 0.3 is 12.0 Å². The molecule has 1 aromatic carbocycles. The fraction of sp³-hybridized carbons (Fsp3) is 0.375. The molecule has 0 aromatic heterocycles. The monoisotopic (exact) mass is 363 g/mol. The zero-order valence-corrected chi connectivity index (χ0v) is 13.7. The number of nitrogens with zero attached hydrogens (tertiary/aromatic N) is 1. The number of fused-ring (bicyclic) bond motifs is 1. The summed E-state index contributed by atoms with van der Waals surface area (Å²) < 4.78 is 15.8. The number of ether oxygens (including phenoxy) is 3. The van der Waals surface area contributed by atoms with E-state index < -0.39 is 30.4 Å². The molecule has 0 unspecified atom stereocenters. The Hall–Kier alpha value is -3.30. The number of carbonyl (C=O) groups excluding carboxylic acids is 4. The summed E-state index contributed by atoms with van der Waals surface area (Å²) in [6, 6.07) is 4.06. The highest BCUT2D eigenvalue weighted by molar-refractivity contribution is 6.00. The maximum atomic E-state index is 12.2. The van der Waals surface area contributed by atoms with Gasteiger partial charge in [0.25, 0.3) is 5.91 Å². The summed E-state index contributed by atoms with van der Waals surface area (Å²) >= 11 is 0. The molecule has 26 heavy (non-hydrogen) atoms. The molecule has 0 bridgehead atoms. The smallest absolute Gasteiger partial charge is 0.318 e. The van der Waals surface area contributed by atoms with Crippen molar-refractivity contribution in [2.24, 2.45) is 11.7 Å². The summed E-state index contributed by atoms with van der Waals surface area (Å²) in [6.07, 6.45) is -0.0370. The molecular weight excluding hydrogens is 346 g/mol. The van der Waals surface area contributed by atoms with Gasteiger partial charge in [-0.3, -0.25) is 19.7 Å². The van der Waals surface area contributed by atoms with E-state index in [0.717, 1.165) is 0 Å². The van der Waals surface area contributed by atoms with Gasteiger partial charge in [-0.1, -0.05) is 0 Å². The number of benzene rings is 1. The van der Waals surface area contributed by atoms with Gasteiger partial charge in [0.05, 0.1) is 5.92 Å². The second-order valence-corrected chi connectivity index (χ2v) is 5.75. The Balaban J connectivity index is 1.60. The first-order valence-electron chi connectivity index (χ1n) is 7.90. The van der Waals surface area contributed by atoms with E-state index in [2.05, 4.69) is 0 Å². The molecule has 2 aliphatic rings. The van der Waals surface area contributed by atoms with Crippen molar-refractivity contribution in [3.05, 3.63) is 18.2 Å². The number of hydrogen-bond acceptors (Lipinski definition) is 7. The van der Waals surface area contributed by atoms with Gasteiger partial charge in [-0.15, -0.1) is 0 Å². The van der Waals surface area contributed by atoms with E-state index in [4.69, 9.17) is 19.9 Å². The molecule has 1 saturated heterocycles. The highest BCUT2D eigenvalue weighted by atomic mass is 16.6. The van der Waals surface area contributed by atoms with Crippen LogP contribution in [0, 0.1) is 5.92 Å². The molecule has 3 N–H and O–H groups in total. The molecule has 4 amide bonds. The molecular formula is C16H17N3O7. The van der Waals surface area contributed by atoms with Gasteiger partial charge in [0, 0.05) is 24.7 Å². The lowest BCUT2D eigenvalue weighted by Crippen LogP contribution is -2.38. The van der Waals surface area contributed by atoms with Crippen molar-refractivity contribution in [1.82, 2.24) is 5.32 Å². The number of rotatable bonds is 4. The molecule has 138 valence electrons. The molecule has 0 aliphatic carbocycles. The average molecular weight is 363 g/mol. The summed E-state index contributed by atoms with van der Waals surface area (Å²) in [5.41, 5.74) is 5.37. The topological polar surface area (TPSA) is 137 Å². The van der Waals surface area contributed by atoms with Crippen LogP contribution in [0.15, 0.2) is 18.2 Å². The van der Waals surface area contributed by atoms with Crippen LogP contribution < -0.4 is 25.4 Å². The first kappa shape index (κ1) is 17.5. The normalized spacial score (nSPS) is 18.4. The van der Waals surface area contributed by atoms with Gasteiger partial charge in [0.2, 0.25) is 5.91 Å². The van der Waals surface area contributed by atoms with Gasteiger partial charge in [-0.2, -0.15) is 0 Å². The molecule has 10 nitrogen and oxygen atoms in total. The quantitative estimate of drug-likeness (QED) is 0.691. The Bertz CT molecular complexity index is 764. The molecule has 2 aliphatic heterocycles. The molecule has 0 radical (unpaired) electrons. The van der Waals surface area contributed by atoms with Crippen molar-refractivity contribution in [2.75, 3.05) is 31.3 Å². The number of urea groups is 1. The predicted molar refractivity (Wildman–Crippen MR) is 86.6 cm³/mol. The maximum absolute atomic E-state index is 12.2. The SMILES string of the molecule is NC(=O)NC(=O)COC(=O)[C@@H]1CC(=O)N(c2ccc3c(c2)OCCO3)C1. The van der Waals surface area contributed by atoms with Gasteiger partial charge in [-0.25, -0.2) is 4.79 Å². The maximum Gasteiger partial charge on any atom is 0.318 e. The van der Waals surface area contributed by atoms with Crippen molar-refractivity contribution in [3.8, 4) is 11.5 Å². The number of nitrogens with two attached hydrogens (primary N) is 1. The molecule has 2 heterocycles. The summed E-state index contributed by atoms with van der Waals surface area (Å²) in [5.74, 6) is -1.35. The number of carbonyl (C=O) groups is 4. The van der Waals surface area contributed by atoms with E-state index >= 15 is 0 Å². The molecule has 10 heteroatoms. The Kier molecular flexibility index (Phi) is 4.92. The lowest BCUT2D eigenvalue weighted by Gasteiger charge is -2.22. The Morgan fingerprint density at radius 3 is 2.69 bits per heavy atom. The zero-order valence-electron chi connectivity index (χ0n) is 13.7. The number of esters is 1. The van der Waals surface area contributed by atoms with Crippen molar-refractivity contribution >= 4 is 29.5 Å². The second-order valence-electron chi connectivity index (χ2n) is 5.75. The minimum absolute atomic E-state index is 0.0370. The standard InChI is InChI=1S/C16H17N3O7/c17-16(23)18-13(20)8-26-15(22)9-5-14(21)19(7-9)10-1-2-11-12(6-10)25-4-3-24-11/h1-2,6,9H,3-5,7-8H2,(H3,17,18,20,23)/t9-/m1/s1. The van der Waals surface area contributed by atoms with Gasteiger partial charge in [0.1, 0.15) is 13.2 Å². The minimum Gasteiger partial charge on any atom is -0.486 e. The summed E-state index contributed by atoms with van der Waals surface area (Å²) in [4.78, 5) is 47.5. The minimum atomic E-state index is -1.04. The first-order valence-corrected chi connectivity index (χ1v) is 7.90. The lowest BCUT2D eigenvalue weighted by molar-refractivity contribution is -0.152. The fourth-order valence-corrected chi connectivity index (χ4v) is 2.74. The van der Waals surface area contributed by atoms with Crippen LogP contribution in [0.25, 0.3) is 0 Å². The van der Waals surface area contributed by atoms with E-state index in [-0.39, 0.29) is 18.9 Å². The number of anilines is 1. The highest BCUT2D eigenvalue weighted by Gasteiger charge is 2.36. The van der Waals surface area contributed by atoms with Gasteiger partial charge in [0.15, 0.2) is 18.1 Å². The largest absolute Gasteiger partial charge is 0.486 e. The van der Waals surface area contributed by atoms with Crippen molar-refractivity contribution in [1.29, 1.82) is 0 Å². The van der Waals surface area contributed by atoms with Crippen LogP contribution >= 0.6 is 0 Å². The zero-order chi connectivity index (χ0) is 18.7. The molecule has 3 rings (SSSR count). The van der Waals surface area contributed by atoms with E-state index in [1.54, 1.807) is 23.5 Å². The number of amides is 4. The molecule has 1 atom stereocenters. The predicted octanol–water partition coefficient (Wildman–Crippen LogP) is -0.451. The summed E-state index contributed by atoms with van der Waals surface area (Å²) in [5, 5.41) is 1.78. The molecule has 1 fully saturated rings. The van der Waals surface area contributed by atoms with Crippen LogP contribution in [-0.4, -0.2) is 50.2 Å². The third-order valence-electron chi connectivity index (χ3n) is 3.90. The number of nitrogens with one attached hydrogen (secondary N) is 1. The Morgan fingerprint density at radius 2 is 1.96 bits per heavy atom. The molecule has 1 aromatic rings. The van der Waals surface area contributed by atoms with Gasteiger partial charge in [-0.05, 0) is 12.1 Å². The van der Waals surface area contributed by atoms with E-state index in [1.807, 2.05) is 0 Å². The van der Waals surface area contributed by atoms with Crippen LogP contribution in [0.5, 0.6) is 11.5 Å². The van der Waals surface area contributed by atoms with Crippen LogP contribution in [0.4, 0.5) is 10.5 Å². The van der Waals surface area contributed by atoms with E-state index in [0.29, 0.717) is 30.4 Å². The number of primary amides is 1.